The van der Waals surface area contributed by atoms with E-state index in [0.29, 0.717) is 11.8 Å². The van der Waals surface area contributed by atoms with Crippen LogP contribution in [0.4, 0.5) is 0 Å². The summed E-state index contributed by atoms with van der Waals surface area (Å²) in [5.74, 6) is 0.987. The van der Waals surface area contributed by atoms with Crippen LogP contribution < -0.4 is 0 Å². The Hall–Kier alpha value is -1.58. The molecule has 0 unspecified atom stereocenters. The average Bonchev–Trinajstić information content (AvgIpc) is 3.23. The number of rotatable bonds is 2. The summed E-state index contributed by atoms with van der Waals surface area (Å²) in [5, 5.41) is 0. The number of carbonyl (C=O) groups is 2. The molecule has 0 heterocycles. The summed E-state index contributed by atoms with van der Waals surface area (Å²) in [6.07, 6.45) is 8.59. The first-order valence-corrected chi connectivity index (χ1v) is 7.20. The fourth-order valence-electron chi connectivity index (χ4n) is 6.99. The number of esters is 2. The first-order valence-electron chi connectivity index (χ1n) is 7.20. The number of allylic oxidation sites excluding steroid dienone is 4. The summed E-state index contributed by atoms with van der Waals surface area (Å²) in [5.41, 5.74) is -1.41. The monoisotopic (exact) mass is 272 g/mol. The quantitative estimate of drug-likeness (QED) is 0.559. The topological polar surface area (TPSA) is 52.6 Å². The minimum Gasteiger partial charge on any atom is -0.469 e. The number of hydrogen-bond donors (Lipinski definition) is 0. The first kappa shape index (κ1) is 11.1. The van der Waals surface area contributed by atoms with E-state index in [0.717, 1.165) is 0 Å². The Balaban J connectivity index is 1.86. The van der Waals surface area contributed by atoms with Crippen LogP contribution in [0.25, 0.3) is 0 Å². The first-order chi connectivity index (χ1) is 9.67. The van der Waals surface area contributed by atoms with Gasteiger partial charge in [-0.1, -0.05) is 24.3 Å². The molecule has 104 valence electrons. The van der Waals surface area contributed by atoms with Gasteiger partial charge in [0.15, 0.2) is 0 Å². The van der Waals surface area contributed by atoms with Crippen molar-refractivity contribution in [2.45, 2.75) is 0 Å². The number of methoxy groups -OCH3 is 2. The third-order valence-electron chi connectivity index (χ3n) is 6.99. The Kier molecular flexibility index (Phi) is 1.60. The number of hydrogen-bond acceptors (Lipinski definition) is 4. The molecular formula is C16H16O4. The largest absolute Gasteiger partial charge is 0.469 e. The van der Waals surface area contributed by atoms with Crippen LogP contribution in [0.1, 0.15) is 0 Å². The standard InChI is InChI=1S/C16H16O4/c1-19-13(17)15-7-3-5-9-11(7)12-8(15)4-6-10(12)16(9,15)14(18)20-2/h3-12H,1-2H3/t7-,8-,9-,10-,11?,12?,15?,16?/m0/s1. The number of carbonyl (C=O) groups excluding carboxylic acids is 2. The van der Waals surface area contributed by atoms with Gasteiger partial charge < -0.3 is 9.47 Å². The summed E-state index contributed by atoms with van der Waals surface area (Å²) >= 11 is 0. The van der Waals surface area contributed by atoms with Crippen molar-refractivity contribution < 1.29 is 19.1 Å². The van der Waals surface area contributed by atoms with E-state index in [2.05, 4.69) is 24.3 Å². The summed E-state index contributed by atoms with van der Waals surface area (Å²) < 4.78 is 10.3. The second-order valence-electron chi connectivity index (χ2n) is 6.75. The lowest BCUT2D eigenvalue weighted by Crippen LogP contribution is -2.58. The van der Waals surface area contributed by atoms with Gasteiger partial charge in [0.2, 0.25) is 0 Å². The molecular weight excluding hydrogens is 256 g/mol. The molecule has 0 spiro atoms. The fourth-order valence-corrected chi connectivity index (χ4v) is 6.99. The van der Waals surface area contributed by atoms with Crippen LogP contribution in [0.15, 0.2) is 24.3 Å². The van der Waals surface area contributed by atoms with Crippen molar-refractivity contribution in [3.05, 3.63) is 24.3 Å². The molecule has 8 bridgehead atoms. The van der Waals surface area contributed by atoms with Gasteiger partial charge in [-0.05, 0) is 35.5 Å². The molecule has 0 aromatic heterocycles. The van der Waals surface area contributed by atoms with Crippen LogP contribution in [0.3, 0.4) is 0 Å². The SMILES string of the molecule is COC(=O)C12[C@H]3C=C[C@H]4C3C3[C@@H]1C=C[C@@H]3C42C(=O)OC. The molecule has 4 heteroatoms. The smallest absolute Gasteiger partial charge is 0.314 e. The summed E-state index contributed by atoms with van der Waals surface area (Å²) in [6.45, 7) is 0. The lowest BCUT2D eigenvalue weighted by Gasteiger charge is -2.48. The van der Waals surface area contributed by atoms with Gasteiger partial charge in [0, 0.05) is 0 Å². The normalized spacial score (nSPS) is 57.9. The predicted molar refractivity (Wildman–Crippen MR) is 68.1 cm³/mol. The van der Waals surface area contributed by atoms with Gasteiger partial charge in [-0.3, -0.25) is 9.59 Å². The highest BCUT2D eigenvalue weighted by Gasteiger charge is 2.94. The molecule has 0 aliphatic heterocycles. The Morgan fingerprint density at radius 3 is 1.30 bits per heavy atom. The van der Waals surface area contributed by atoms with E-state index in [9.17, 15) is 9.59 Å². The van der Waals surface area contributed by atoms with E-state index in [4.69, 9.17) is 9.47 Å². The molecule has 6 aliphatic rings. The van der Waals surface area contributed by atoms with Gasteiger partial charge in [-0.2, -0.15) is 0 Å². The van der Waals surface area contributed by atoms with Gasteiger partial charge >= 0.3 is 11.9 Å². The number of ether oxygens (including phenoxy) is 2. The maximum absolute atomic E-state index is 12.7. The predicted octanol–water partition coefficient (Wildman–Crippen LogP) is 1.18. The van der Waals surface area contributed by atoms with Crippen molar-refractivity contribution in [3.8, 4) is 0 Å². The molecule has 4 nitrogen and oxygen atoms in total. The van der Waals surface area contributed by atoms with Gasteiger partial charge in [0.05, 0.1) is 25.0 Å². The van der Waals surface area contributed by atoms with Gasteiger partial charge in [0.25, 0.3) is 0 Å². The van der Waals surface area contributed by atoms with Crippen LogP contribution in [0, 0.1) is 46.3 Å². The summed E-state index contributed by atoms with van der Waals surface area (Å²) in [6, 6.07) is 0. The lowest BCUT2D eigenvalue weighted by molar-refractivity contribution is -0.182. The molecule has 6 aliphatic carbocycles. The van der Waals surface area contributed by atoms with Crippen LogP contribution in [0.5, 0.6) is 0 Å². The molecule has 4 saturated carbocycles. The minimum atomic E-state index is -0.705. The minimum absolute atomic E-state index is 0.148. The van der Waals surface area contributed by atoms with E-state index in [-0.39, 0.29) is 35.6 Å². The van der Waals surface area contributed by atoms with E-state index in [1.165, 1.54) is 14.2 Å². The van der Waals surface area contributed by atoms with Crippen LogP contribution >= 0.6 is 0 Å². The average molecular weight is 272 g/mol. The highest BCUT2D eigenvalue weighted by molar-refractivity contribution is 5.95. The Bertz CT molecular complexity index is 534. The maximum Gasteiger partial charge on any atom is 0.314 e. The molecule has 0 amide bonds. The van der Waals surface area contributed by atoms with E-state index < -0.39 is 10.8 Å². The fraction of sp³-hybridized carbons (Fsp3) is 0.625. The molecule has 0 saturated heterocycles. The maximum atomic E-state index is 12.7. The lowest BCUT2D eigenvalue weighted by atomic mass is 9.53. The van der Waals surface area contributed by atoms with Crippen molar-refractivity contribution in [1.29, 1.82) is 0 Å². The second kappa shape index (κ2) is 2.87. The molecule has 0 radical (unpaired) electrons. The summed E-state index contributed by atoms with van der Waals surface area (Å²) in [7, 11) is 2.86. The molecule has 6 rings (SSSR count). The molecule has 0 aromatic carbocycles. The molecule has 0 aromatic rings. The third-order valence-corrected chi connectivity index (χ3v) is 6.99. The van der Waals surface area contributed by atoms with Crippen molar-refractivity contribution in [2.24, 2.45) is 46.3 Å². The van der Waals surface area contributed by atoms with Crippen molar-refractivity contribution in [3.63, 3.8) is 0 Å². The van der Waals surface area contributed by atoms with E-state index >= 15 is 0 Å². The van der Waals surface area contributed by atoms with Gasteiger partial charge in [-0.25, -0.2) is 0 Å². The van der Waals surface area contributed by atoms with Crippen molar-refractivity contribution >= 4 is 11.9 Å². The van der Waals surface area contributed by atoms with Gasteiger partial charge in [0.1, 0.15) is 0 Å². The van der Waals surface area contributed by atoms with Crippen LogP contribution in [-0.2, 0) is 19.1 Å². The van der Waals surface area contributed by atoms with Gasteiger partial charge in [-0.15, -0.1) is 0 Å². The van der Waals surface area contributed by atoms with E-state index in [1.54, 1.807) is 0 Å². The summed E-state index contributed by atoms with van der Waals surface area (Å²) in [4.78, 5) is 25.5. The highest BCUT2D eigenvalue weighted by atomic mass is 16.5. The van der Waals surface area contributed by atoms with E-state index in [1.807, 2.05) is 0 Å². The van der Waals surface area contributed by atoms with Crippen molar-refractivity contribution in [1.82, 2.24) is 0 Å². The third kappa shape index (κ3) is 0.651. The Labute approximate surface area is 116 Å². The zero-order chi connectivity index (χ0) is 13.9. The molecule has 0 N–H and O–H groups in total. The second-order valence-corrected chi connectivity index (χ2v) is 6.75. The zero-order valence-electron chi connectivity index (χ0n) is 11.4. The zero-order valence-corrected chi connectivity index (χ0v) is 11.4. The Morgan fingerprint density at radius 2 is 1.05 bits per heavy atom. The molecule has 4 fully saturated rings. The van der Waals surface area contributed by atoms with Crippen LogP contribution in [0.2, 0.25) is 0 Å². The Morgan fingerprint density at radius 1 is 0.750 bits per heavy atom. The van der Waals surface area contributed by atoms with Crippen molar-refractivity contribution in [2.75, 3.05) is 14.2 Å². The molecule has 4 atom stereocenters. The highest BCUT2D eigenvalue weighted by Crippen LogP contribution is 2.90. The van der Waals surface area contributed by atoms with Crippen LogP contribution in [-0.4, -0.2) is 26.2 Å². The molecule has 20 heavy (non-hydrogen) atoms.